The van der Waals surface area contributed by atoms with Gasteiger partial charge < -0.3 is 14.1 Å². The molecule has 2 heterocycles. The first kappa shape index (κ1) is 15.6. The number of para-hydroxylation sites is 1. The molecule has 122 valence electrons. The Morgan fingerprint density at radius 3 is 2.61 bits per heavy atom. The minimum atomic E-state index is -0.604. The summed E-state index contributed by atoms with van der Waals surface area (Å²) in [5.74, 6) is 0.336. The summed E-state index contributed by atoms with van der Waals surface area (Å²) in [6, 6.07) is 8.98. The van der Waals surface area contributed by atoms with Gasteiger partial charge in [0.2, 0.25) is 5.76 Å². The molecular formula is C18H21NO4. The SMILES string of the molecule is C[C@H]1C[C@H](C)CN(C(=O)COC(=O)c2cc3ccccc3o2)C1. The molecule has 3 rings (SSSR count). The predicted molar refractivity (Wildman–Crippen MR) is 86.0 cm³/mol. The van der Waals surface area contributed by atoms with E-state index in [0.717, 1.165) is 24.9 Å². The van der Waals surface area contributed by atoms with Crippen LogP contribution in [0.3, 0.4) is 0 Å². The lowest BCUT2D eigenvalue weighted by Crippen LogP contribution is -2.44. The number of amides is 1. The monoisotopic (exact) mass is 315 g/mol. The zero-order valence-corrected chi connectivity index (χ0v) is 13.5. The van der Waals surface area contributed by atoms with E-state index in [1.807, 2.05) is 18.2 Å². The lowest BCUT2D eigenvalue weighted by Gasteiger charge is -2.34. The Kier molecular flexibility index (Phi) is 4.37. The number of carbonyl (C=O) groups excluding carboxylic acids is 2. The highest BCUT2D eigenvalue weighted by Crippen LogP contribution is 2.22. The smallest absolute Gasteiger partial charge is 0.374 e. The molecule has 0 N–H and O–H groups in total. The first-order valence-corrected chi connectivity index (χ1v) is 7.96. The molecule has 0 spiro atoms. The molecule has 1 amide bonds. The van der Waals surface area contributed by atoms with Crippen LogP contribution in [0.15, 0.2) is 34.7 Å². The van der Waals surface area contributed by atoms with E-state index < -0.39 is 5.97 Å². The van der Waals surface area contributed by atoms with Crippen molar-refractivity contribution in [3.63, 3.8) is 0 Å². The van der Waals surface area contributed by atoms with E-state index in [1.165, 1.54) is 0 Å². The van der Waals surface area contributed by atoms with Crippen molar-refractivity contribution >= 4 is 22.8 Å². The molecule has 0 unspecified atom stereocenters. The molecule has 5 nitrogen and oxygen atoms in total. The molecule has 0 radical (unpaired) electrons. The maximum atomic E-state index is 12.2. The molecule has 1 aromatic carbocycles. The number of carbonyl (C=O) groups is 2. The van der Waals surface area contributed by atoms with Gasteiger partial charge >= 0.3 is 5.97 Å². The Hall–Kier alpha value is -2.30. The minimum Gasteiger partial charge on any atom is -0.450 e. The van der Waals surface area contributed by atoms with E-state index in [9.17, 15) is 9.59 Å². The van der Waals surface area contributed by atoms with Gasteiger partial charge in [0.1, 0.15) is 5.58 Å². The number of hydrogen-bond acceptors (Lipinski definition) is 4. The summed E-state index contributed by atoms with van der Waals surface area (Å²) in [6.07, 6.45) is 1.13. The molecule has 5 heteroatoms. The fourth-order valence-corrected chi connectivity index (χ4v) is 3.24. The number of fused-ring (bicyclic) bond motifs is 1. The van der Waals surface area contributed by atoms with Crippen LogP contribution in [0.5, 0.6) is 0 Å². The standard InChI is InChI=1S/C18H21NO4/c1-12-7-13(2)10-19(9-12)17(20)11-22-18(21)16-8-14-5-3-4-6-15(14)23-16/h3-6,8,12-13H,7,9-11H2,1-2H3/t12-,13-/m0/s1. The molecule has 1 aromatic heterocycles. The topological polar surface area (TPSA) is 59.8 Å². The molecule has 0 bridgehead atoms. The molecule has 2 aromatic rings. The van der Waals surface area contributed by atoms with Crippen LogP contribution in [0.1, 0.15) is 30.8 Å². The average Bonchev–Trinajstić information content (AvgIpc) is 2.95. The summed E-state index contributed by atoms with van der Waals surface area (Å²) in [7, 11) is 0. The summed E-state index contributed by atoms with van der Waals surface area (Å²) in [5, 5.41) is 0.837. The lowest BCUT2D eigenvalue weighted by atomic mass is 9.92. The van der Waals surface area contributed by atoms with E-state index in [2.05, 4.69) is 13.8 Å². The zero-order valence-electron chi connectivity index (χ0n) is 13.5. The van der Waals surface area contributed by atoms with Gasteiger partial charge in [0.25, 0.3) is 5.91 Å². The van der Waals surface area contributed by atoms with Gasteiger partial charge in [-0.2, -0.15) is 0 Å². The van der Waals surface area contributed by atoms with Crippen molar-refractivity contribution in [3.8, 4) is 0 Å². The second-order valence-electron chi connectivity index (χ2n) is 6.47. The normalized spacial score (nSPS) is 21.4. The van der Waals surface area contributed by atoms with Gasteiger partial charge in [-0.15, -0.1) is 0 Å². The molecule has 1 aliphatic heterocycles. The maximum Gasteiger partial charge on any atom is 0.374 e. The summed E-state index contributed by atoms with van der Waals surface area (Å²) in [6.45, 7) is 5.48. The predicted octanol–water partition coefficient (Wildman–Crippen LogP) is 3.09. The van der Waals surface area contributed by atoms with Crippen molar-refractivity contribution in [1.82, 2.24) is 4.90 Å². The Morgan fingerprint density at radius 2 is 1.91 bits per heavy atom. The van der Waals surface area contributed by atoms with Gasteiger partial charge in [-0.3, -0.25) is 4.79 Å². The van der Waals surface area contributed by atoms with Crippen molar-refractivity contribution < 1.29 is 18.7 Å². The highest BCUT2D eigenvalue weighted by molar-refractivity contribution is 5.93. The van der Waals surface area contributed by atoms with E-state index in [0.29, 0.717) is 17.4 Å². The highest BCUT2D eigenvalue weighted by atomic mass is 16.5. The summed E-state index contributed by atoms with van der Waals surface area (Å²) in [5.41, 5.74) is 0.629. The molecule has 23 heavy (non-hydrogen) atoms. The number of esters is 1. The van der Waals surface area contributed by atoms with Crippen molar-refractivity contribution in [3.05, 3.63) is 36.1 Å². The first-order valence-electron chi connectivity index (χ1n) is 7.96. The van der Waals surface area contributed by atoms with Crippen LogP contribution in [0.4, 0.5) is 0 Å². The second kappa shape index (κ2) is 6.44. The first-order chi connectivity index (χ1) is 11.0. The number of ether oxygens (including phenoxy) is 1. The van der Waals surface area contributed by atoms with Gasteiger partial charge in [0.05, 0.1) is 0 Å². The highest BCUT2D eigenvalue weighted by Gasteiger charge is 2.26. The van der Waals surface area contributed by atoms with Crippen molar-refractivity contribution in [2.75, 3.05) is 19.7 Å². The Morgan fingerprint density at radius 1 is 1.22 bits per heavy atom. The molecular weight excluding hydrogens is 294 g/mol. The number of furan rings is 1. The van der Waals surface area contributed by atoms with E-state index in [-0.39, 0.29) is 18.3 Å². The third kappa shape index (κ3) is 3.55. The lowest BCUT2D eigenvalue weighted by molar-refractivity contribution is -0.137. The number of hydrogen-bond donors (Lipinski definition) is 0. The average molecular weight is 315 g/mol. The molecule has 0 saturated carbocycles. The van der Waals surface area contributed by atoms with E-state index in [1.54, 1.807) is 17.0 Å². The van der Waals surface area contributed by atoms with Crippen LogP contribution in [-0.2, 0) is 9.53 Å². The fraction of sp³-hybridized carbons (Fsp3) is 0.444. The van der Waals surface area contributed by atoms with E-state index in [4.69, 9.17) is 9.15 Å². The minimum absolute atomic E-state index is 0.124. The van der Waals surface area contributed by atoms with Gasteiger partial charge in [-0.05, 0) is 30.4 Å². The van der Waals surface area contributed by atoms with Gasteiger partial charge in [0.15, 0.2) is 6.61 Å². The fourth-order valence-electron chi connectivity index (χ4n) is 3.24. The van der Waals surface area contributed by atoms with Crippen LogP contribution in [0, 0.1) is 11.8 Å². The summed E-state index contributed by atoms with van der Waals surface area (Å²) in [4.78, 5) is 26.0. The molecule has 2 atom stereocenters. The van der Waals surface area contributed by atoms with Crippen molar-refractivity contribution in [1.29, 1.82) is 0 Å². The van der Waals surface area contributed by atoms with Gasteiger partial charge in [-0.25, -0.2) is 4.79 Å². The number of likely N-dealkylation sites (tertiary alicyclic amines) is 1. The number of piperidine rings is 1. The third-order valence-corrected chi connectivity index (χ3v) is 4.18. The quantitative estimate of drug-likeness (QED) is 0.817. The Balaban J connectivity index is 1.59. The van der Waals surface area contributed by atoms with Crippen LogP contribution < -0.4 is 0 Å². The number of rotatable bonds is 3. The van der Waals surface area contributed by atoms with Crippen LogP contribution in [0.2, 0.25) is 0 Å². The van der Waals surface area contributed by atoms with Crippen LogP contribution in [-0.4, -0.2) is 36.5 Å². The Labute approximate surface area is 135 Å². The third-order valence-electron chi connectivity index (χ3n) is 4.18. The maximum absolute atomic E-state index is 12.2. The number of nitrogens with zero attached hydrogens (tertiary/aromatic N) is 1. The van der Waals surface area contributed by atoms with Crippen LogP contribution >= 0.6 is 0 Å². The molecule has 1 fully saturated rings. The molecule has 1 aliphatic rings. The van der Waals surface area contributed by atoms with Crippen LogP contribution in [0.25, 0.3) is 11.0 Å². The summed E-state index contributed by atoms with van der Waals surface area (Å²) >= 11 is 0. The second-order valence-corrected chi connectivity index (χ2v) is 6.47. The van der Waals surface area contributed by atoms with Crippen molar-refractivity contribution in [2.45, 2.75) is 20.3 Å². The summed E-state index contributed by atoms with van der Waals surface area (Å²) < 4.78 is 10.6. The van der Waals surface area contributed by atoms with Crippen molar-refractivity contribution in [2.24, 2.45) is 11.8 Å². The number of benzene rings is 1. The van der Waals surface area contributed by atoms with Gasteiger partial charge in [0, 0.05) is 18.5 Å². The van der Waals surface area contributed by atoms with Gasteiger partial charge in [-0.1, -0.05) is 32.0 Å². The molecule has 0 aliphatic carbocycles. The Bertz CT molecular complexity index is 678. The largest absolute Gasteiger partial charge is 0.450 e. The zero-order chi connectivity index (χ0) is 16.4. The molecule has 1 saturated heterocycles. The van der Waals surface area contributed by atoms with E-state index >= 15 is 0 Å².